The summed E-state index contributed by atoms with van der Waals surface area (Å²) in [5.41, 5.74) is 5.50. The number of aryl methyl sites for hydroxylation is 1. The zero-order valence-corrected chi connectivity index (χ0v) is 12.3. The number of aromatic nitrogens is 2. The third-order valence-electron chi connectivity index (χ3n) is 2.43. The van der Waals surface area contributed by atoms with E-state index in [9.17, 15) is 4.39 Å². The number of hydrogen-bond donors (Lipinski definition) is 1. The SMILES string of the molecule is Nc1ccn(CCCOc2cc(F)c(Cl)cc2Br)n1. The van der Waals surface area contributed by atoms with E-state index in [0.29, 0.717) is 29.2 Å². The van der Waals surface area contributed by atoms with Crippen LogP contribution in [-0.4, -0.2) is 16.4 Å². The standard InChI is InChI=1S/C12H12BrClFN3O/c13-8-6-9(14)10(15)7-11(8)19-5-1-3-18-4-2-12(16)17-18/h2,4,6-7H,1,3,5H2,(H2,16,17). The van der Waals surface area contributed by atoms with Crippen molar-refractivity contribution < 1.29 is 9.13 Å². The van der Waals surface area contributed by atoms with Crippen LogP contribution in [0.5, 0.6) is 5.75 Å². The quantitative estimate of drug-likeness (QED) is 0.665. The molecule has 0 aliphatic rings. The lowest BCUT2D eigenvalue weighted by molar-refractivity contribution is 0.295. The predicted molar refractivity (Wildman–Crippen MR) is 75.9 cm³/mol. The van der Waals surface area contributed by atoms with E-state index in [2.05, 4.69) is 21.0 Å². The molecule has 0 bridgehead atoms. The molecule has 1 heterocycles. The van der Waals surface area contributed by atoms with E-state index in [-0.39, 0.29) is 5.02 Å². The van der Waals surface area contributed by atoms with Gasteiger partial charge >= 0.3 is 0 Å². The third kappa shape index (κ3) is 3.84. The molecule has 0 amide bonds. The Morgan fingerprint density at radius 1 is 1.47 bits per heavy atom. The van der Waals surface area contributed by atoms with E-state index in [1.165, 1.54) is 12.1 Å². The lowest BCUT2D eigenvalue weighted by atomic mass is 10.3. The second-order valence-corrected chi connectivity index (χ2v) is 5.16. The summed E-state index contributed by atoms with van der Waals surface area (Å²) < 4.78 is 21.1. The number of benzene rings is 1. The largest absolute Gasteiger partial charge is 0.492 e. The molecular formula is C12H12BrClFN3O. The number of nitrogen functional groups attached to an aromatic ring is 1. The number of rotatable bonds is 5. The smallest absolute Gasteiger partial charge is 0.145 e. The molecule has 0 unspecified atom stereocenters. The summed E-state index contributed by atoms with van der Waals surface area (Å²) in [4.78, 5) is 0. The van der Waals surface area contributed by atoms with Crippen LogP contribution >= 0.6 is 27.5 Å². The second kappa shape index (κ2) is 6.25. The summed E-state index contributed by atoms with van der Waals surface area (Å²) in [6.07, 6.45) is 2.53. The monoisotopic (exact) mass is 347 g/mol. The Morgan fingerprint density at radius 3 is 2.95 bits per heavy atom. The fourth-order valence-electron chi connectivity index (χ4n) is 1.53. The topological polar surface area (TPSA) is 53.1 Å². The molecule has 0 fully saturated rings. The average Bonchev–Trinajstić information content (AvgIpc) is 2.77. The lowest BCUT2D eigenvalue weighted by Gasteiger charge is -2.09. The molecule has 0 saturated carbocycles. The summed E-state index contributed by atoms with van der Waals surface area (Å²) in [5.74, 6) is 0.421. The van der Waals surface area contributed by atoms with Crippen molar-refractivity contribution in [1.82, 2.24) is 9.78 Å². The van der Waals surface area contributed by atoms with Gasteiger partial charge in [-0.1, -0.05) is 11.6 Å². The molecule has 7 heteroatoms. The fraction of sp³-hybridized carbons (Fsp3) is 0.250. The van der Waals surface area contributed by atoms with Gasteiger partial charge in [-0.3, -0.25) is 4.68 Å². The molecule has 0 aliphatic heterocycles. The number of anilines is 1. The molecule has 0 aliphatic carbocycles. The van der Waals surface area contributed by atoms with E-state index in [1.807, 2.05) is 0 Å². The molecule has 19 heavy (non-hydrogen) atoms. The molecule has 1 aromatic heterocycles. The van der Waals surface area contributed by atoms with Gasteiger partial charge < -0.3 is 10.5 Å². The maximum atomic E-state index is 13.3. The maximum absolute atomic E-state index is 13.3. The Morgan fingerprint density at radius 2 is 2.26 bits per heavy atom. The van der Waals surface area contributed by atoms with Crippen LogP contribution in [0.2, 0.25) is 5.02 Å². The highest BCUT2D eigenvalue weighted by Gasteiger charge is 2.07. The van der Waals surface area contributed by atoms with Crippen LogP contribution in [-0.2, 0) is 6.54 Å². The summed E-state index contributed by atoms with van der Waals surface area (Å²) >= 11 is 8.92. The molecule has 0 spiro atoms. The highest BCUT2D eigenvalue weighted by Crippen LogP contribution is 2.30. The highest BCUT2D eigenvalue weighted by molar-refractivity contribution is 9.10. The zero-order valence-electron chi connectivity index (χ0n) is 9.94. The zero-order chi connectivity index (χ0) is 13.8. The van der Waals surface area contributed by atoms with Crippen molar-refractivity contribution in [3.63, 3.8) is 0 Å². The minimum absolute atomic E-state index is 0.0613. The predicted octanol–water partition coefficient (Wildman–Crippen LogP) is 3.49. The van der Waals surface area contributed by atoms with Crippen LogP contribution in [0.15, 0.2) is 28.9 Å². The van der Waals surface area contributed by atoms with Gasteiger partial charge in [-0.25, -0.2) is 4.39 Å². The summed E-state index contributed by atoms with van der Waals surface area (Å²) in [6.45, 7) is 1.13. The van der Waals surface area contributed by atoms with Gasteiger partial charge in [0.25, 0.3) is 0 Å². The van der Waals surface area contributed by atoms with Crippen LogP contribution in [0, 0.1) is 5.82 Å². The van der Waals surface area contributed by atoms with Crippen molar-refractivity contribution in [1.29, 1.82) is 0 Å². The van der Waals surface area contributed by atoms with Crippen molar-refractivity contribution in [2.75, 3.05) is 12.3 Å². The van der Waals surface area contributed by atoms with E-state index in [4.69, 9.17) is 22.1 Å². The van der Waals surface area contributed by atoms with Crippen molar-refractivity contribution >= 4 is 33.3 Å². The first-order chi connectivity index (χ1) is 9.06. The normalized spacial score (nSPS) is 10.7. The van der Waals surface area contributed by atoms with Crippen molar-refractivity contribution in [3.8, 4) is 5.75 Å². The van der Waals surface area contributed by atoms with Gasteiger partial charge in [0.1, 0.15) is 17.4 Å². The first-order valence-corrected chi connectivity index (χ1v) is 6.79. The van der Waals surface area contributed by atoms with Crippen molar-refractivity contribution in [2.45, 2.75) is 13.0 Å². The minimum atomic E-state index is -0.500. The van der Waals surface area contributed by atoms with Gasteiger partial charge in [0, 0.05) is 25.2 Å². The molecule has 2 N–H and O–H groups in total. The molecule has 2 aromatic rings. The Labute approximate surface area is 123 Å². The van der Waals surface area contributed by atoms with Gasteiger partial charge in [-0.15, -0.1) is 0 Å². The van der Waals surface area contributed by atoms with Crippen molar-refractivity contribution in [3.05, 3.63) is 39.7 Å². The Bertz CT molecular complexity index is 576. The van der Waals surface area contributed by atoms with Gasteiger partial charge in [0.05, 0.1) is 16.1 Å². The summed E-state index contributed by atoms with van der Waals surface area (Å²) in [7, 11) is 0. The lowest BCUT2D eigenvalue weighted by Crippen LogP contribution is -2.06. The van der Waals surface area contributed by atoms with E-state index in [1.54, 1.807) is 16.9 Å². The van der Waals surface area contributed by atoms with Crippen LogP contribution in [0.25, 0.3) is 0 Å². The Hall–Kier alpha value is -1.27. The summed E-state index contributed by atoms with van der Waals surface area (Å²) in [5, 5.41) is 4.11. The van der Waals surface area contributed by atoms with Gasteiger partial charge in [-0.2, -0.15) is 5.10 Å². The Kier molecular flexibility index (Phi) is 4.66. The molecule has 0 atom stereocenters. The molecule has 102 valence electrons. The van der Waals surface area contributed by atoms with E-state index < -0.39 is 5.82 Å². The van der Waals surface area contributed by atoms with E-state index >= 15 is 0 Å². The molecule has 1 aromatic carbocycles. The van der Waals surface area contributed by atoms with Crippen LogP contribution in [0.4, 0.5) is 10.2 Å². The fourth-order valence-corrected chi connectivity index (χ4v) is 2.28. The van der Waals surface area contributed by atoms with Gasteiger partial charge in [0.2, 0.25) is 0 Å². The number of hydrogen-bond acceptors (Lipinski definition) is 3. The second-order valence-electron chi connectivity index (χ2n) is 3.90. The van der Waals surface area contributed by atoms with E-state index in [0.717, 1.165) is 6.42 Å². The first kappa shape index (κ1) is 14.1. The van der Waals surface area contributed by atoms with Crippen molar-refractivity contribution in [2.24, 2.45) is 0 Å². The van der Waals surface area contributed by atoms with Crippen LogP contribution in [0.1, 0.15) is 6.42 Å². The molecule has 0 radical (unpaired) electrons. The van der Waals surface area contributed by atoms with Gasteiger partial charge in [0.15, 0.2) is 0 Å². The number of nitrogens with zero attached hydrogens (tertiary/aromatic N) is 2. The number of ether oxygens (including phenoxy) is 1. The molecular weight excluding hydrogens is 337 g/mol. The number of nitrogens with two attached hydrogens (primary N) is 1. The molecule has 4 nitrogen and oxygen atoms in total. The van der Waals surface area contributed by atoms with Gasteiger partial charge in [-0.05, 0) is 28.1 Å². The molecule has 0 saturated heterocycles. The van der Waals surface area contributed by atoms with Crippen LogP contribution in [0.3, 0.4) is 0 Å². The average molecular weight is 349 g/mol. The summed E-state index contributed by atoms with van der Waals surface area (Å²) in [6, 6.07) is 4.46. The molecule has 2 rings (SSSR count). The van der Waals surface area contributed by atoms with Crippen LogP contribution < -0.4 is 10.5 Å². The highest BCUT2D eigenvalue weighted by atomic mass is 79.9. The maximum Gasteiger partial charge on any atom is 0.145 e. The number of halogens is 3. The third-order valence-corrected chi connectivity index (χ3v) is 3.33. The minimum Gasteiger partial charge on any atom is -0.492 e. The Balaban J connectivity index is 1.84. The first-order valence-electron chi connectivity index (χ1n) is 5.62.